The quantitative estimate of drug-likeness (QED) is 0.745. The minimum Gasteiger partial charge on any atom is -0.357 e. The lowest BCUT2D eigenvalue weighted by Gasteiger charge is -2.26. The Kier molecular flexibility index (Phi) is 5.06. The maximum Gasteiger partial charge on any atom is 0.224 e. The van der Waals surface area contributed by atoms with Crippen LogP contribution in [0.1, 0.15) is 16.7 Å². The Morgan fingerprint density at radius 2 is 1.42 bits per heavy atom. The normalized spacial score (nSPS) is 10.4. The Morgan fingerprint density at radius 3 is 1.92 bits per heavy atom. The molecule has 24 heavy (non-hydrogen) atoms. The SMILES string of the molecule is CNc1ncc(C)c(N(Cc2ccccc2)Cc2ccccc2)n1. The Labute approximate surface area is 143 Å². The van der Waals surface area contributed by atoms with Gasteiger partial charge in [0, 0.05) is 31.9 Å². The van der Waals surface area contributed by atoms with Crippen molar-refractivity contribution in [2.75, 3.05) is 17.3 Å². The van der Waals surface area contributed by atoms with Crippen LogP contribution in [-0.4, -0.2) is 17.0 Å². The molecule has 4 nitrogen and oxygen atoms in total. The van der Waals surface area contributed by atoms with Crippen molar-refractivity contribution in [3.05, 3.63) is 83.6 Å². The summed E-state index contributed by atoms with van der Waals surface area (Å²) >= 11 is 0. The van der Waals surface area contributed by atoms with E-state index in [1.54, 1.807) is 0 Å². The van der Waals surface area contributed by atoms with Gasteiger partial charge in [-0.1, -0.05) is 60.7 Å². The van der Waals surface area contributed by atoms with Gasteiger partial charge in [-0.2, -0.15) is 4.98 Å². The predicted octanol–water partition coefficient (Wildman–Crippen LogP) is 4.03. The molecule has 3 aromatic rings. The van der Waals surface area contributed by atoms with Crippen molar-refractivity contribution < 1.29 is 0 Å². The monoisotopic (exact) mass is 318 g/mol. The van der Waals surface area contributed by atoms with Crippen molar-refractivity contribution in [2.45, 2.75) is 20.0 Å². The second kappa shape index (κ2) is 7.59. The second-order valence-electron chi connectivity index (χ2n) is 5.78. The van der Waals surface area contributed by atoms with Crippen LogP contribution < -0.4 is 10.2 Å². The van der Waals surface area contributed by atoms with Gasteiger partial charge in [-0.25, -0.2) is 4.98 Å². The first-order chi connectivity index (χ1) is 11.8. The first kappa shape index (κ1) is 16.0. The summed E-state index contributed by atoms with van der Waals surface area (Å²) in [5.41, 5.74) is 3.59. The third-order valence-electron chi connectivity index (χ3n) is 3.90. The fourth-order valence-electron chi connectivity index (χ4n) is 2.69. The van der Waals surface area contributed by atoms with E-state index in [1.807, 2.05) is 25.4 Å². The van der Waals surface area contributed by atoms with E-state index in [9.17, 15) is 0 Å². The van der Waals surface area contributed by atoms with Gasteiger partial charge in [0.05, 0.1) is 0 Å². The number of aromatic nitrogens is 2. The first-order valence-corrected chi connectivity index (χ1v) is 8.10. The Morgan fingerprint density at radius 1 is 0.875 bits per heavy atom. The van der Waals surface area contributed by atoms with Gasteiger partial charge >= 0.3 is 0 Å². The lowest BCUT2D eigenvalue weighted by Crippen LogP contribution is -2.24. The molecule has 0 saturated carbocycles. The van der Waals surface area contributed by atoms with Crippen LogP contribution in [-0.2, 0) is 13.1 Å². The Hall–Kier alpha value is -2.88. The van der Waals surface area contributed by atoms with E-state index >= 15 is 0 Å². The molecule has 0 spiro atoms. The molecule has 0 aliphatic carbocycles. The lowest BCUT2D eigenvalue weighted by atomic mass is 10.1. The highest BCUT2D eigenvalue weighted by atomic mass is 15.2. The van der Waals surface area contributed by atoms with Crippen molar-refractivity contribution in [1.82, 2.24) is 9.97 Å². The van der Waals surface area contributed by atoms with E-state index in [-0.39, 0.29) is 0 Å². The van der Waals surface area contributed by atoms with Crippen LogP contribution in [0.5, 0.6) is 0 Å². The number of aryl methyl sites for hydroxylation is 1. The maximum atomic E-state index is 4.69. The van der Waals surface area contributed by atoms with Gasteiger partial charge in [0.2, 0.25) is 5.95 Å². The molecule has 4 heteroatoms. The molecule has 0 aliphatic rings. The largest absolute Gasteiger partial charge is 0.357 e. The summed E-state index contributed by atoms with van der Waals surface area (Å²) in [4.78, 5) is 11.3. The highest BCUT2D eigenvalue weighted by Gasteiger charge is 2.14. The summed E-state index contributed by atoms with van der Waals surface area (Å²) in [6.45, 7) is 3.66. The molecule has 1 heterocycles. The fraction of sp³-hybridized carbons (Fsp3) is 0.200. The number of hydrogen-bond acceptors (Lipinski definition) is 4. The molecule has 0 radical (unpaired) electrons. The molecule has 0 fully saturated rings. The molecule has 0 unspecified atom stereocenters. The van der Waals surface area contributed by atoms with Gasteiger partial charge in [-0.05, 0) is 18.1 Å². The van der Waals surface area contributed by atoms with Crippen molar-refractivity contribution in [3.8, 4) is 0 Å². The zero-order chi connectivity index (χ0) is 16.8. The lowest BCUT2D eigenvalue weighted by molar-refractivity contribution is 0.776. The van der Waals surface area contributed by atoms with Crippen molar-refractivity contribution in [2.24, 2.45) is 0 Å². The smallest absolute Gasteiger partial charge is 0.224 e. The van der Waals surface area contributed by atoms with Crippen molar-refractivity contribution >= 4 is 11.8 Å². The molecule has 1 N–H and O–H groups in total. The topological polar surface area (TPSA) is 41.1 Å². The summed E-state index contributed by atoms with van der Waals surface area (Å²) < 4.78 is 0. The molecule has 2 aromatic carbocycles. The summed E-state index contributed by atoms with van der Waals surface area (Å²) in [6.07, 6.45) is 1.87. The molecule has 3 rings (SSSR count). The van der Waals surface area contributed by atoms with E-state index in [0.717, 1.165) is 24.5 Å². The van der Waals surface area contributed by atoms with Crippen LogP contribution >= 0.6 is 0 Å². The van der Waals surface area contributed by atoms with Crippen LogP contribution in [0.2, 0.25) is 0 Å². The highest BCUT2D eigenvalue weighted by Crippen LogP contribution is 2.22. The predicted molar refractivity (Wildman–Crippen MR) is 99.1 cm³/mol. The number of hydrogen-bond donors (Lipinski definition) is 1. The Bertz CT molecular complexity index is 731. The summed E-state index contributed by atoms with van der Waals surface area (Å²) in [6, 6.07) is 21.0. The average Bonchev–Trinajstić information content (AvgIpc) is 2.63. The van der Waals surface area contributed by atoms with Crippen LogP contribution in [0, 0.1) is 6.92 Å². The van der Waals surface area contributed by atoms with Gasteiger partial charge in [0.15, 0.2) is 0 Å². The molecule has 0 bridgehead atoms. The zero-order valence-electron chi connectivity index (χ0n) is 14.1. The third-order valence-corrected chi connectivity index (χ3v) is 3.90. The number of nitrogens with one attached hydrogen (secondary N) is 1. The van der Waals surface area contributed by atoms with Gasteiger partial charge in [-0.15, -0.1) is 0 Å². The number of benzene rings is 2. The van der Waals surface area contributed by atoms with Crippen molar-refractivity contribution in [3.63, 3.8) is 0 Å². The molecular weight excluding hydrogens is 296 g/mol. The average molecular weight is 318 g/mol. The van der Waals surface area contributed by atoms with Crippen LogP contribution in [0.25, 0.3) is 0 Å². The van der Waals surface area contributed by atoms with Crippen LogP contribution in [0.3, 0.4) is 0 Å². The molecule has 0 saturated heterocycles. The minimum atomic E-state index is 0.640. The van der Waals surface area contributed by atoms with E-state index in [4.69, 9.17) is 0 Å². The van der Waals surface area contributed by atoms with Gasteiger partial charge in [-0.3, -0.25) is 0 Å². The van der Waals surface area contributed by atoms with E-state index in [0.29, 0.717) is 5.95 Å². The standard InChI is InChI=1S/C20H22N4/c1-16-13-22-20(21-2)23-19(16)24(14-17-9-5-3-6-10-17)15-18-11-7-4-8-12-18/h3-13H,14-15H2,1-2H3,(H,21,22,23). The van der Waals surface area contributed by atoms with Gasteiger partial charge in [0.25, 0.3) is 0 Å². The van der Waals surface area contributed by atoms with E-state index < -0.39 is 0 Å². The minimum absolute atomic E-state index is 0.640. The second-order valence-corrected chi connectivity index (χ2v) is 5.78. The number of anilines is 2. The molecule has 0 aliphatic heterocycles. The van der Waals surface area contributed by atoms with Crippen molar-refractivity contribution in [1.29, 1.82) is 0 Å². The summed E-state index contributed by atoms with van der Waals surface area (Å²) in [5.74, 6) is 1.60. The third kappa shape index (κ3) is 3.90. The Balaban J connectivity index is 1.95. The summed E-state index contributed by atoms with van der Waals surface area (Å²) in [5, 5.41) is 3.03. The van der Waals surface area contributed by atoms with Crippen LogP contribution in [0.4, 0.5) is 11.8 Å². The molecule has 122 valence electrons. The molecule has 0 atom stereocenters. The number of nitrogens with zero attached hydrogens (tertiary/aromatic N) is 3. The van der Waals surface area contributed by atoms with E-state index in [2.05, 4.69) is 75.6 Å². The van der Waals surface area contributed by atoms with Gasteiger partial charge in [0.1, 0.15) is 5.82 Å². The molecular formula is C20H22N4. The molecule has 0 amide bonds. The van der Waals surface area contributed by atoms with E-state index in [1.165, 1.54) is 11.1 Å². The highest BCUT2D eigenvalue weighted by molar-refractivity contribution is 5.50. The number of rotatable bonds is 6. The van der Waals surface area contributed by atoms with Gasteiger partial charge < -0.3 is 10.2 Å². The summed E-state index contributed by atoms with van der Waals surface area (Å²) in [7, 11) is 1.84. The van der Waals surface area contributed by atoms with Crippen LogP contribution in [0.15, 0.2) is 66.9 Å². The maximum absolute atomic E-state index is 4.69. The molecule has 1 aromatic heterocycles. The first-order valence-electron chi connectivity index (χ1n) is 8.10. The zero-order valence-corrected chi connectivity index (χ0v) is 14.1. The fourth-order valence-corrected chi connectivity index (χ4v) is 2.69.